The lowest BCUT2D eigenvalue weighted by atomic mass is 9.99. The molecule has 0 heterocycles. The van der Waals surface area contributed by atoms with E-state index in [-0.39, 0.29) is 25.7 Å². The molecule has 0 aromatic rings. The highest BCUT2D eigenvalue weighted by Crippen LogP contribution is 2.45. The summed E-state index contributed by atoms with van der Waals surface area (Å²) in [5.41, 5.74) is 0. The molecule has 0 aliphatic heterocycles. The summed E-state index contributed by atoms with van der Waals surface area (Å²) in [5.74, 6) is 0.170. The van der Waals surface area contributed by atoms with E-state index in [1.807, 2.05) is 0 Å². The van der Waals surface area contributed by atoms with Crippen molar-refractivity contribution in [3.63, 3.8) is 0 Å². The number of esters is 4. The third-order valence-electron chi connectivity index (χ3n) is 16.5. The van der Waals surface area contributed by atoms with Crippen molar-refractivity contribution >= 4 is 39.5 Å². The molecule has 0 radical (unpaired) electrons. The summed E-state index contributed by atoms with van der Waals surface area (Å²) < 4.78 is 68.0. The molecular weight excluding hydrogens is 1170 g/mol. The molecule has 0 aliphatic carbocycles. The first kappa shape index (κ1) is 87.1. The highest BCUT2D eigenvalue weighted by atomic mass is 31.2. The Kier molecular flexibility index (Phi) is 59.6. The number of hydrogen-bond acceptors (Lipinski definition) is 15. The molecule has 0 amide bonds. The molecule has 17 nitrogen and oxygen atoms in total. The zero-order chi connectivity index (χ0) is 65.9. The van der Waals surface area contributed by atoms with Crippen LogP contribution in [0.3, 0.4) is 0 Å². The van der Waals surface area contributed by atoms with Gasteiger partial charge in [-0.25, -0.2) is 9.13 Å². The fraction of sp³-hybridized carbons (Fsp3) is 0.943. The van der Waals surface area contributed by atoms with Crippen molar-refractivity contribution < 1.29 is 80.2 Å². The van der Waals surface area contributed by atoms with Crippen LogP contribution in [-0.2, 0) is 65.4 Å². The fourth-order valence-electron chi connectivity index (χ4n) is 10.5. The summed E-state index contributed by atoms with van der Waals surface area (Å²) >= 11 is 0. The van der Waals surface area contributed by atoms with E-state index in [0.717, 1.165) is 108 Å². The van der Waals surface area contributed by atoms with E-state index in [0.29, 0.717) is 31.6 Å². The largest absolute Gasteiger partial charge is 0.472 e. The number of hydrogen-bond donors (Lipinski definition) is 3. The molecule has 3 N–H and O–H groups in total. The molecule has 0 bridgehead atoms. The Morgan fingerprint density at radius 3 is 0.854 bits per heavy atom. The van der Waals surface area contributed by atoms with Gasteiger partial charge in [0.25, 0.3) is 0 Å². The molecule has 0 fully saturated rings. The first-order valence-corrected chi connectivity index (χ1v) is 39.4. The van der Waals surface area contributed by atoms with Gasteiger partial charge in [0.05, 0.1) is 26.4 Å². The maximum absolute atomic E-state index is 13.0. The molecule has 6 atom stereocenters. The Labute approximate surface area is 543 Å². The van der Waals surface area contributed by atoms with Crippen molar-refractivity contribution in [2.75, 3.05) is 39.6 Å². The first-order chi connectivity index (χ1) is 42.8. The van der Waals surface area contributed by atoms with Gasteiger partial charge in [-0.3, -0.25) is 37.3 Å². The van der Waals surface area contributed by atoms with Crippen LogP contribution in [-0.4, -0.2) is 96.7 Å². The Balaban J connectivity index is 5.09. The van der Waals surface area contributed by atoms with Crippen molar-refractivity contribution in [3.8, 4) is 0 Å². The molecule has 3 unspecified atom stereocenters. The summed E-state index contributed by atoms with van der Waals surface area (Å²) in [7, 11) is -9.89. The molecule has 0 spiro atoms. The van der Waals surface area contributed by atoms with E-state index in [9.17, 15) is 43.2 Å². The number of unbranched alkanes of at least 4 members (excludes halogenated alkanes) is 35. The molecule has 0 saturated heterocycles. The molecule has 19 heteroatoms. The number of carbonyl (C=O) groups is 4. The second-order valence-corrected chi connectivity index (χ2v) is 29.4. The Morgan fingerprint density at radius 2 is 0.573 bits per heavy atom. The SMILES string of the molecule is CCCCCCCC(=O)OC[C@H](COP(=O)(O)OC[C@H](O)COP(=O)(O)OC[C@@H](COC(=O)CCCCCCCCCCCC(C)C)OC(=O)CCCCCCCCCCCCCCCCCCCCC(C)CC)OC(=O)CCCCCCCCCC(C)C. The minimum absolute atomic E-state index is 0.102. The molecule has 0 aromatic carbocycles. The zero-order valence-corrected chi connectivity index (χ0v) is 59.7. The predicted molar refractivity (Wildman–Crippen MR) is 358 cm³/mol. The van der Waals surface area contributed by atoms with Gasteiger partial charge in [-0.1, -0.05) is 299 Å². The normalized spacial score (nSPS) is 14.5. The summed E-state index contributed by atoms with van der Waals surface area (Å²) in [6.45, 7) is 11.7. The number of aliphatic hydroxyl groups is 1. The summed E-state index contributed by atoms with van der Waals surface area (Å²) in [5, 5.41) is 10.5. The second-order valence-electron chi connectivity index (χ2n) is 26.5. The highest BCUT2D eigenvalue weighted by molar-refractivity contribution is 7.47. The number of aliphatic hydroxyl groups excluding tert-OH is 1. The second kappa shape index (κ2) is 61.0. The average molecular weight is 1310 g/mol. The van der Waals surface area contributed by atoms with E-state index >= 15 is 0 Å². The minimum atomic E-state index is -4.95. The van der Waals surface area contributed by atoms with Crippen LogP contribution >= 0.6 is 15.6 Å². The predicted octanol–water partition coefficient (Wildman–Crippen LogP) is 19.8. The smallest absolute Gasteiger partial charge is 0.462 e. The fourth-order valence-corrected chi connectivity index (χ4v) is 12.1. The number of phosphoric acid groups is 2. The Bertz CT molecular complexity index is 1750. The van der Waals surface area contributed by atoms with Crippen LogP contribution < -0.4 is 0 Å². The number of carbonyl (C=O) groups excluding carboxylic acids is 4. The molecule has 0 saturated carbocycles. The molecule has 89 heavy (non-hydrogen) atoms. The average Bonchev–Trinajstić information content (AvgIpc) is 3.71. The highest BCUT2D eigenvalue weighted by Gasteiger charge is 2.30. The van der Waals surface area contributed by atoms with E-state index in [2.05, 4.69) is 48.5 Å². The lowest BCUT2D eigenvalue weighted by Gasteiger charge is -2.21. The van der Waals surface area contributed by atoms with Gasteiger partial charge in [-0.2, -0.15) is 0 Å². The lowest BCUT2D eigenvalue weighted by molar-refractivity contribution is -0.161. The Morgan fingerprint density at radius 1 is 0.326 bits per heavy atom. The summed E-state index contributed by atoms with van der Waals surface area (Å²) in [6, 6.07) is 0. The molecule has 0 rings (SSSR count). The van der Waals surface area contributed by atoms with Gasteiger partial charge >= 0.3 is 39.5 Å². The van der Waals surface area contributed by atoms with Crippen LogP contribution in [0.15, 0.2) is 0 Å². The monoisotopic (exact) mass is 1310 g/mol. The number of ether oxygens (including phenoxy) is 4. The summed E-state index contributed by atoms with van der Waals surface area (Å²) in [4.78, 5) is 72.2. The standard InChI is InChI=1S/C70H136O17P2/c1-8-10-11-34-44-51-67(72)80-57-65(86-70(75)54-47-40-33-27-29-36-42-49-62(5)6)59-84-88(76,77)82-55-64(71)56-83-89(78,79)85-60-66(58-81-68(73)52-45-38-31-26-22-23-28-35-41-48-61(3)4)87-69(74)53-46-39-32-25-21-19-17-15-13-12-14-16-18-20-24-30-37-43-50-63(7)9-2/h61-66,71H,8-60H2,1-7H3,(H,76,77)(H,78,79)/t63?,64-,65+,66+/m0/s1. The first-order valence-electron chi connectivity index (χ1n) is 36.4. The van der Waals surface area contributed by atoms with Crippen molar-refractivity contribution in [3.05, 3.63) is 0 Å². The number of phosphoric ester groups is 2. The van der Waals surface area contributed by atoms with Crippen LogP contribution in [0.5, 0.6) is 0 Å². The van der Waals surface area contributed by atoms with E-state index in [1.54, 1.807) is 0 Å². The van der Waals surface area contributed by atoms with E-state index in [4.69, 9.17) is 37.0 Å². The molecule has 0 aromatic heterocycles. The van der Waals surface area contributed by atoms with E-state index in [1.165, 1.54) is 154 Å². The van der Waals surface area contributed by atoms with Crippen molar-refractivity contribution in [1.82, 2.24) is 0 Å². The van der Waals surface area contributed by atoms with Gasteiger partial charge in [0.1, 0.15) is 19.3 Å². The van der Waals surface area contributed by atoms with Crippen LogP contribution in [0.2, 0.25) is 0 Å². The van der Waals surface area contributed by atoms with Crippen molar-refractivity contribution in [2.24, 2.45) is 17.8 Å². The van der Waals surface area contributed by atoms with Gasteiger partial charge in [0.2, 0.25) is 0 Å². The minimum Gasteiger partial charge on any atom is -0.462 e. The third kappa shape index (κ3) is 63.2. The van der Waals surface area contributed by atoms with Gasteiger partial charge in [-0.05, 0) is 43.4 Å². The molecule has 528 valence electrons. The molecule has 0 aliphatic rings. The van der Waals surface area contributed by atoms with Gasteiger partial charge in [-0.15, -0.1) is 0 Å². The maximum Gasteiger partial charge on any atom is 0.472 e. The van der Waals surface area contributed by atoms with Gasteiger partial charge in [0, 0.05) is 25.7 Å². The lowest BCUT2D eigenvalue weighted by Crippen LogP contribution is -2.30. The Hall–Kier alpha value is -1.94. The van der Waals surface area contributed by atoms with E-state index < -0.39 is 97.5 Å². The van der Waals surface area contributed by atoms with Crippen LogP contribution in [0.25, 0.3) is 0 Å². The van der Waals surface area contributed by atoms with Gasteiger partial charge < -0.3 is 33.8 Å². The van der Waals surface area contributed by atoms with Crippen molar-refractivity contribution in [1.29, 1.82) is 0 Å². The number of rotatable bonds is 68. The van der Waals surface area contributed by atoms with Crippen LogP contribution in [0.1, 0.15) is 350 Å². The topological polar surface area (TPSA) is 237 Å². The third-order valence-corrected chi connectivity index (χ3v) is 18.4. The zero-order valence-electron chi connectivity index (χ0n) is 57.9. The van der Waals surface area contributed by atoms with Crippen molar-refractivity contribution in [2.45, 2.75) is 369 Å². The van der Waals surface area contributed by atoms with Gasteiger partial charge in [0.15, 0.2) is 12.2 Å². The summed E-state index contributed by atoms with van der Waals surface area (Å²) in [6.07, 6.45) is 45.1. The quantitative estimate of drug-likeness (QED) is 0.0222. The van der Waals surface area contributed by atoms with Crippen LogP contribution in [0, 0.1) is 17.8 Å². The molecular formula is C70H136O17P2. The van der Waals surface area contributed by atoms with Crippen LogP contribution in [0.4, 0.5) is 0 Å². The maximum atomic E-state index is 13.0.